The molecule has 0 saturated carbocycles. The van der Waals surface area contributed by atoms with Crippen LogP contribution in [0, 0.1) is 6.07 Å². The van der Waals surface area contributed by atoms with Crippen molar-refractivity contribution in [3.63, 3.8) is 0 Å². The number of ether oxygens (including phenoxy) is 1. The number of rotatable bonds is 4. The molecule has 1 rings (SSSR count). The summed E-state index contributed by atoms with van der Waals surface area (Å²) in [5.74, 6) is -1.06. The van der Waals surface area contributed by atoms with Gasteiger partial charge < -0.3 is 4.74 Å². The summed E-state index contributed by atoms with van der Waals surface area (Å²) < 4.78 is 4.65. The van der Waals surface area contributed by atoms with Gasteiger partial charge in [-0.25, -0.2) is 4.79 Å². The maximum absolute atomic E-state index is 11.4. The maximum Gasteiger partial charge on any atom is 0.345 e. The zero-order valence-electron chi connectivity index (χ0n) is 8.66. The highest BCUT2D eigenvalue weighted by molar-refractivity contribution is 5.96. The molecule has 79 valence electrons. The average Bonchev–Trinajstić information content (AvgIpc) is 2.27. The van der Waals surface area contributed by atoms with Crippen molar-refractivity contribution >= 4 is 11.9 Å². The van der Waals surface area contributed by atoms with Crippen LogP contribution < -0.4 is 0 Å². The Balaban J connectivity index is 2.46. The van der Waals surface area contributed by atoms with Crippen LogP contribution in [0.15, 0.2) is 24.3 Å². The number of hydrogen-bond acceptors (Lipinski definition) is 3. The summed E-state index contributed by atoms with van der Waals surface area (Å²) in [5, 5.41) is 0. The monoisotopic (exact) mass is 205 g/mol. The fourth-order valence-electron chi connectivity index (χ4n) is 1.06. The summed E-state index contributed by atoms with van der Waals surface area (Å²) in [6.07, 6.45) is 1.94. The Morgan fingerprint density at radius 2 is 2.00 bits per heavy atom. The second-order valence-electron chi connectivity index (χ2n) is 3.15. The van der Waals surface area contributed by atoms with E-state index >= 15 is 0 Å². The minimum absolute atomic E-state index is 0.293. The quantitative estimate of drug-likeness (QED) is 0.559. The Morgan fingerprint density at radius 3 is 2.60 bits per heavy atom. The van der Waals surface area contributed by atoms with E-state index in [-0.39, 0.29) is 0 Å². The van der Waals surface area contributed by atoms with E-state index in [2.05, 4.69) is 10.8 Å². The van der Waals surface area contributed by atoms with E-state index in [1.54, 1.807) is 24.3 Å². The third-order valence-electron chi connectivity index (χ3n) is 1.89. The first kappa shape index (κ1) is 11.4. The van der Waals surface area contributed by atoms with E-state index in [1.807, 2.05) is 6.92 Å². The Kier molecular flexibility index (Phi) is 4.54. The molecule has 0 spiro atoms. The average molecular weight is 205 g/mol. The lowest BCUT2D eigenvalue weighted by molar-refractivity contribution is -0.138. The Labute approximate surface area is 89.1 Å². The summed E-state index contributed by atoms with van der Waals surface area (Å²) in [5.41, 5.74) is 0.374. The summed E-state index contributed by atoms with van der Waals surface area (Å²) in [6, 6.07) is 9.12. The highest BCUT2D eigenvalue weighted by Crippen LogP contribution is 2.03. The minimum atomic E-state index is -0.592. The molecule has 0 amide bonds. The molecular formula is C12H13O3. The van der Waals surface area contributed by atoms with E-state index in [1.165, 1.54) is 0 Å². The van der Waals surface area contributed by atoms with E-state index in [0.29, 0.717) is 12.0 Å². The van der Waals surface area contributed by atoms with Gasteiger partial charge in [-0.3, -0.25) is 4.79 Å². The van der Waals surface area contributed by atoms with Gasteiger partial charge >= 0.3 is 11.9 Å². The molecule has 1 aromatic rings. The van der Waals surface area contributed by atoms with Gasteiger partial charge in [-0.05, 0) is 24.6 Å². The molecule has 0 fully saturated rings. The van der Waals surface area contributed by atoms with Gasteiger partial charge in [0.1, 0.15) is 0 Å². The van der Waals surface area contributed by atoms with Crippen LogP contribution in [0.1, 0.15) is 36.5 Å². The van der Waals surface area contributed by atoms with Crippen molar-refractivity contribution in [1.82, 2.24) is 0 Å². The van der Waals surface area contributed by atoms with Crippen molar-refractivity contribution in [2.45, 2.75) is 26.2 Å². The molecule has 0 unspecified atom stereocenters. The third kappa shape index (κ3) is 3.94. The molecule has 3 heteroatoms. The van der Waals surface area contributed by atoms with Gasteiger partial charge in [-0.2, -0.15) is 0 Å². The first-order valence-corrected chi connectivity index (χ1v) is 4.95. The molecule has 0 aromatic heterocycles. The van der Waals surface area contributed by atoms with Crippen molar-refractivity contribution in [2.75, 3.05) is 0 Å². The molecule has 1 aromatic carbocycles. The molecule has 0 saturated heterocycles. The fraction of sp³-hybridized carbons (Fsp3) is 0.333. The summed E-state index contributed by atoms with van der Waals surface area (Å²) in [7, 11) is 0. The second-order valence-corrected chi connectivity index (χ2v) is 3.15. The lowest BCUT2D eigenvalue weighted by Crippen LogP contribution is -2.12. The largest absolute Gasteiger partial charge is 0.389 e. The smallest absolute Gasteiger partial charge is 0.345 e. The van der Waals surface area contributed by atoms with E-state index < -0.39 is 11.9 Å². The first-order valence-electron chi connectivity index (χ1n) is 4.95. The molecule has 0 aliphatic rings. The molecule has 3 nitrogen and oxygen atoms in total. The van der Waals surface area contributed by atoms with Gasteiger partial charge in [0.2, 0.25) is 0 Å². The molecular weight excluding hydrogens is 192 g/mol. The van der Waals surface area contributed by atoms with Crippen LogP contribution in [0.25, 0.3) is 0 Å². The lowest BCUT2D eigenvalue weighted by atomic mass is 10.2. The van der Waals surface area contributed by atoms with Crippen LogP contribution in [0.2, 0.25) is 0 Å². The third-order valence-corrected chi connectivity index (χ3v) is 1.89. The normalized spacial score (nSPS) is 9.67. The molecule has 0 atom stereocenters. The maximum atomic E-state index is 11.4. The van der Waals surface area contributed by atoms with Crippen LogP contribution in [-0.2, 0) is 9.53 Å². The number of carbonyl (C=O) groups excluding carboxylic acids is 2. The van der Waals surface area contributed by atoms with Crippen molar-refractivity contribution in [3.8, 4) is 0 Å². The summed E-state index contributed by atoms with van der Waals surface area (Å²) in [4.78, 5) is 22.5. The van der Waals surface area contributed by atoms with Crippen molar-refractivity contribution in [3.05, 3.63) is 35.9 Å². The Morgan fingerprint density at radius 1 is 1.33 bits per heavy atom. The first-order chi connectivity index (χ1) is 7.24. The summed E-state index contributed by atoms with van der Waals surface area (Å²) >= 11 is 0. The molecule has 0 aliphatic heterocycles. The topological polar surface area (TPSA) is 43.4 Å². The highest BCUT2D eigenvalue weighted by atomic mass is 16.6. The zero-order chi connectivity index (χ0) is 11.1. The van der Waals surface area contributed by atoms with Crippen LogP contribution >= 0.6 is 0 Å². The number of benzene rings is 1. The fourth-order valence-corrected chi connectivity index (χ4v) is 1.06. The predicted molar refractivity (Wildman–Crippen MR) is 55.2 cm³/mol. The van der Waals surface area contributed by atoms with Crippen molar-refractivity contribution in [2.24, 2.45) is 0 Å². The minimum Gasteiger partial charge on any atom is -0.389 e. The molecule has 15 heavy (non-hydrogen) atoms. The van der Waals surface area contributed by atoms with Gasteiger partial charge in [0.15, 0.2) is 0 Å². The van der Waals surface area contributed by atoms with Crippen molar-refractivity contribution < 1.29 is 14.3 Å². The van der Waals surface area contributed by atoms with Crippen LogP contribution in [0.4, 0.5) is 0 Å². The number of carbonyl (C=O) groups is 2. The van der Waals surface area contributed by atoms with Gasteiger partial charge in [0.05, 0.1) is 5.56 Å². The van der Waals surface area contributed by atoms with Crippen LogP contribution in [0.3, 0.4) is 0 Å². The number of esters is 2. The zero-order valence-corrected chi connectivity index (χ0v) is 8.66. The molecule has 0 heterocycles. The predicted octanol–water partition coefficient (Wildman–Crippen LogP) is 2.36. The van der Waals surface area contributed by atoms with E-state index in [4.69, 9.17) is 0 Å². The Bertz CT molecular complexity index is 330. The van der Waals surface area contributed by atoms with E-state index in [0.717, 1.165) is 12.8 Å². The van der Waals surface area contributed by atoms with Gasteiger partial charge in [-0.1, -0.05) is 25.5 Å². The van der Waals surface area contributed by atoms with Crippen LogP contribution in [0.5, 0.6) is 0 Å². The van der Waals surface area contributed by atoms with Gasteiger partial charge in [0, 0.05) is 6.42 Å². The highest BCUT2D eigenvalue weighted by Gasteiger charge is 2.11. The standard InChI is InChI=1S/C12H13O3/c1-2-3-9-11(13)15-12(14)10-7-5-4-6-8-10/h5-8H,2-3,9H2,1H3. The lowest BCUT2D eigenvalue weighted by Gasteiger charge is -2.01. The molecule has 0 aliphatic carbocycles. The van der Waals surface area contributed by atoms with Gasteiger partial charge in [0.25, 0.3) is 0 Å². The molecule has 0 N–H and O–H groups in total. The number of unbranched alkanes of at least 4 members (excludes halogenated alkanes) is 1. The number of hydrogen-bond donors (Lipinski definition) is 0. The SMILES string of the molecule is CCCCC(=O)OC(=O)c1cc[c]cc1. The Hall–Kier alpha value is -1.64. The van der Waals surface area contributed by atoms with Crippen molar-refractivity contribution in [1.29, 1.82) is 0 Å². The molecule has 1 radical (unpaired) electrons. The van der Waals surface area contributed by atoms with Gasteiger partial charge in [-0.15, -0.1) is 0 Å². The molecule has 0 bridgehead atoms. The van der Waals surface area contributed by atoms with E-state index in [9.17, 15) is 9.59 Å². The second kappa shape index (κ2) is 5.96. The summed E-state index contributed by atoms with van der Waals surface area (Å²) in [6.45, 7) is 1.97. The van der Waals surface area contributed by atoms with Crippen LogP contribution in [-0.4, -0.2) is 11.9 Å².